The summed E-state index contributed by atoms with van der Waals surface area (Å²) in [5.74, 6) is 0.487. The van der Waals surface area contributed by atoms with E-state index in [1.54, 1.807) is 0 Å². The maximum Gasteiger partial charge on any atom is 0.132 e. The van der Waals surface area contributed by atoms with E-state index in [2.05, 4.69) is 12.2 Å². The van der Waals surface area contributed by atoms with Crippen molar-refractivity contribution in [3.05, 3.63) is 12.2 Å². The molecule has 0 unspecified atom stereocenters. The molecular formula is C16H28O. The number of carbonyl (C=O) groups is 1. The molecule has 0 atom stereocenters. The fraction of sp³-hybridized carbons (Fsp3) is 0.812. The maximum atomic E-state index is 11.6. The SMILES string of the molecule is O=C1CCCCC=CCCCCCCCCC1. The molecule has 0 amide bonds. The minimum Gasteiger partial charge on any atom is -0.300 e. The smallest absolute Gasteiger partial charge is 0.132 e. The summed E-state index contributed by atoms with van der Waals surface area (Å²) < 4.78 is 0. The molecule has 0 heterocycles. The molecule has 0 saturated heterocycles. The molecule has 0 aromatic rings. The number of hydrogen-bond acceptors (Lipinski definition) is 1. The van der Waals surface area contributed by atoms with Gasteiger partial charge in [-0.1, -0.05) is 44.3 Å². The first kappa shape index (κ1) is 14.5. The first-order valence-electron chi connectivity index (χ1n) is 7.56. The van der Waals surface area contributed by atoms with Crippen LogP contribution in [0.25, 0.3) is 0 Å². The molecular weight excluding hydrogens is 208 g/mol. The summed E-state index contributed by atoms with van der Waals surface area (Å²) in [5, 5.41) is 0. The number of allylic oxidation sites excluding steroid dienone is 2. The summed E-state index contributed by atoms with van der Waals surface area (Å²) in [6.45, 7) is 0. The molecule has 1 aliphatic carbocycles. The predicted octanol–water partition coefficient (Wildman–Crippen LogP) is 5.20. The van der Waals surface area contributed by atoms with Gasteiger partial charge in [0, 0.05) is 12.8 Å². The van der Waals surface area contributed by atoms with E-state index in [1.807, 2.05) is 0 Å². The van der Waals surface area contributed by atoms with Crippen LogP contribution in [0, 0.1) is 0 Å². The number of hydrogen-bond donors (Lipinski definition) is 0. The Balaban J connectivity index is 2.18. The zero-order valence-corrected chi connectivity index (χ0v) is 11.3. The fourth-order valence-electron chi connectivity index (χ4n) is 2.41. The highest BCUT2D eigenvalue weighted by Gasteiger charge is 2.01. The Morgan fingerprint density at radius 2 is 1.00 bits per heavy atom. The van der Waals surface area contributed by atoms with Crippen molar-refractivity contribution in [3.63, 3.8) is 0 Å². The van der Waals surface area contributed by atoms with E-state index in [-0.39, 0.29) is 0 Å². The Morgan fingerprint density at radius 3 is 1.65 bits per heavy atom. The molecule has 0 aromatic heterocycles. The second-order valence-electron chi connectivity index (χ2n) is 5.27. The van der Waals surface area contributed by atoms with Crippen molar-refractivity contribution >= 4 is 5.78 Å². The molecule has 0 N–H and O–H groups in total. The van der Waals surface area contributed by atoms with Crippen molar-refractivity contribution in [2.45, 2.75) is 83.5 Å². The van der Waals surface area contributed by atoms with E-state index >= 15 is 0 Å². The lowest BCUT2D eigenvalue weighted by Gasteiger charge is -2.03. The van der Waals surface area contributed by atoms with Gasteiger partial charge in [0.25, 0.3) is 0 Å². The van der Waals surface area contributed by atoms with Gasteiger partial charge in [0.2, 0.25) is 0 Å². The van der Waals surface area contributed by atoms with E-state index in [9.17, 15) is 4.79 Å². The second-order valence-corrected chi connectivity index (χ2v) is 5.27. The standard InChI is InChI=1S/C16H28O/c17-16-14-12-10-8-6-4-2-1-3-5-7-9-11-13-15-16/h4,6H,1-3,5,7-15H2. The Kier molecular flexibility index (Phi) is 8.99. The highest BCUT2D eigenvalue weighted by Crippen LogP contribution is 2.12. The van der Waals surface area contributed by atoms with Crippen LogP contribution in [0.1, 0.15) is 83.5 Å². The fourth-order valence-corrected chi connectivity index (χ4v) is 2.41. The zero-order valence-electron chi connectivity index (χ0n) is 11.3. The van der Waals surface area contributed by atoms with Crippen LogP contribution in [-0.2, 0) is 4.79 Å². The average Bonchev–Trinajstić information content (AvgIpc) is 2.32. The van der Waals surface area contributed by atoms with E-state index in [4.69, 9.17) is 0 Å². The first-order chi connectivity index (χ1) is 8.39. The highest BCUT2D eigenvalue weighted by molar-refractivity contribution is 5.78. The van der Waals surface area contributed by atoms with Crippen molar-refractivity contribution in [2.24, 2.45) is 0 Å². The van der Waals surface area contributed by atoms with Crippen molar-refractivity contribution in [3.8, 4) is 0 Å². The lowest BCUT2D eigenvalue weighted by molar-refractivity contribution is -0.119. The zero-order chi connectivity index (χ0) is 12.2. The molecule has 0 spiro atoms. The van der Waals surface area contributed by atoms with Gasteiger partial charge in [-0.05, 0) is 38.5 Å². The normalized spacial score (nSPS) is 22.5. The van der Waals surface area contributed by atoms with Gasteiger partial charge in [-0.3, -0.25) is 4.79 Å². The van der Waals surface area contributed by atoms with E-state index < -0.39 is 0 Å². The van der Waals surface area contributed by atoms with Crippen LogP contribution in [-0.4, -0.2) is 5.78 Å². The average molecular weight is 236 g/mol. The van der Waals surface area contributed by atoms with Crippen LogP contribution in [0.4, 0.5) is 0 Å². The molecule has 0 aliphatic heterocycles. The van der Waals surface area contributed by atoms with Crippen LogP contribution in [0.2, 0.25) is 0 Å². The molecule has 1 aliphatic rings. The Labute approximate surface area is 107 Å². The van der Waals surface area contributed by atoms with Gasteiger partial charge in [-0.15, -0.1) is 0 Å². The van der Waals surface area contributed by atoms with Crippen LogP contribution in [0.3, 0.4) is 0 Å². The molecule has 98 valence electrons. The largest absolute Gasteiger partial charge is 0.300 e. The lowest BCUT2D eigenvalue weighted by Crippen LogP contribution is -1.97. The van der Waals surface area contributed by atoms with Crippen LogP contribution < -0.4 is 0 Å². The summed E-state index contributed by atoms with van der Waals surface area (Å²) >= 11 is 0. The molecule has 17 heavy (non-hydrogen) atoms. The summed E-state index contributed by atoms with van der Waals surface area (Å²) in [7, 11) is 0. The third-order valence-corrected chi connectivity index (χ3v) is 3.57. The third kappa shape index (κ3) is 9.14. The Hall–Kier alpha value is -0.590. The Bertz CT molecular complexity index is 218. The van der Waals surface area contributed by atoms with Crippen LogP contribution >= 0.6 is 0 Å². The van der Waals surface area contributed by atoms with Crippen LogP contribution in [0.5, 0.6) is 0 Å². The van der Waals surface area contributed by atoms with Crippen molar-refractivity contribution in [2.75, 3.05) is 0 Å². The predicted molar refractivity (Wildman–Crippen MR) is 74.2 cm³/mol. The monoisotopic (exact) mass is 236 g/mol. The topological polar surface area (TPSA) is 17.1 Å². The van der Waals surface area contributed by atoms with Gasteiger partial charge in [0.1, 0.15) is 5.78 Å². The maximum absolute atomic E-state index is 11.6. The molecule has 0 fully saturated rings. The lowest BCUT2D eigenvalue weighted by atomic mass is 10.0. The molecule has 0 radical (unpaired) electrons. The summed E-state index contributed by atoms with van der Waals surface area (Å²) in [6.07, 6.45) is 20.1. The van der Waals surface area contributed by atoms with E-state index in [0.717, 1.165) is 32.1 Å². The number of rotatable bonds is 0. The quantitative estimate of drug-likeness (QED) is 0.528. The van der Waals surface area contributed by atoms with Gasteiger partial charge in [0.15, 0.2) is 0 Å². The molecule has 1 heteroatoms. The Morgan fingerprint density at radius 1 is 0.588 bits per heavy atom. The van der Waals surface area contributed by atoms with Gasteiger partial charge >= 0.3 is 0 Å². The van der Waals surface area contributed by atoms with Gasteiger partial charge in [0.05, 0.1) is 0 Å². The molecule has 1 nitrogen and oxygen atoms in total. The van der Waals surface area contributed by atoms with E-state index in [0.29, 0.717) is 5.78 Å². The summed E-state index contributed by atoms with van der Waals surface area (Å²) in [5.41, 5.74) is 0. The second kappa shape index (κ2) is 10.6. The van der Waals surface area contributed by atoms with Crippen LogP contribution in [0.15, 0.2) is 12.2 Å². The molecule has 0 aromatic carbocycles. The van der Waals surface area contributed by atoms with Gasteiger partial charge in [-0.2, -0.15) is 0 Å². The summed E-state index contributed by atoms with van der Waals surface area (Å²) in [6, 6.07) is 0. The minimum atomic E-state index is 0.487. The number of Topliss-reactive ketones (excluding diaryl/α,β-unsaturated/α-hetero) is 1. The minimum absolute atomic E-state index is 0.487. The third-order valence-electron chi connectivity index (χ3n) is 3.57. The molecule has 0 saturated carbocycles. The highest BCUT2D eigenvalue weighted by atomic mass is 16.1. The van der Waals surface area contributed by atoms with Gasteiger partial charge < -0.3 is 0 Å². The van der Waals surface area contributed by atoms with Gasteiger partial charge in [-0.25, -0.2) is 0 Å². The molecule has 1 rings (SSSR count). The van der Waals surface area contributed by atoms with Crippen molar-refractivity contribution in [1.82, 2.24) is 0 Å². The number of ketones is 1. The van der Waals surface area contributed by atoms with E-state index in [1.165, 1.54) is 51.4 Å². The first-order valence-corrected chi connectivity index (χ1v) is 7.56. The molecule has 0 bridgehead atoms. The van der Waals surface area contributed by atoms with Crippen molar-refractivity contribution in [1.29, 1.82) is 0 Å². The van der Waals surface area contributed by atoms with Crippen molar-refractivity contribution < 1.29 is 4.79 Å². The number of carbonyl (C=O) groups excluding carboxylic acids is 1. The summed E-state index contributed by atoms with van der Waals surface area (Å²) in [4.78, 5) is 11.6.